The van der Waals surface area contributed by atoms with E-state index >= 15 is 0 Å². The summed E-state index contributed by atoms with van der Waals surface area (Å²) < 4.78 is 7.56. The van der Waals surface area contributed by atoms with Gasteiger partial charge in [-0.3, -0.25) is 4.79 Å². The predicted octanol–water partition coefficient (Wildman–Crippen LogP) is 2.93. The van der Waals surface area contributed by atoms with Gasteiger partial charge in [0.15, 0.2) is 0 Å². The van der Waals surface area contributed by atoms with Gasteiger partial charge in [-0.2, -0.15) is 5.10 Å². The molecule has 0 aliphatic heterocycles. The number of aliphatic hydroxyl groups excluding tert-OH is 1. The molecule has 0 spiro atoms. The molecule has 4 bridgehead atoms. The molecule has 4 fully saturated rings. The normalized spacial score (nSPS) is 29.2. The first-order chi connectivity index (χ1) is 17.0. The van der Waals surface area contributed by atoms with Crippen molar-refractivity contribution in [2.45, 2.75) is 65.3 Å². The van der Waals surface area contributed by atoms with Crippen LogP contribution in [-0.4, -0.2) is 52.2 Å². The minimum absolute atomic E-state index is 0.00364. The van der Waals surface area contributed by atoms with Crippen LogP contribution in [0.5, 0.6) is 5.88 Å². The smallest absolute Gasteiger partial charge is 0.423 e. The second-order valence-electron chi connectivity index (χ2n) is 12.1. The van der Waals surface area contributed by atoms with E-state index in [4.69, 9.17) is 15.3 Å². The van der Waals surface area contributed by atoms with Gasteiger partial charge < -0.3 is 25.7 Å². The highest BCUT2D eigenvalue weighted by Crippen LogP contribution is 2.58. The van der Waals surface area contributed by atoms with E-state index in [0.29, 0.717) is 48.3 Å². The maximum atomic E-state index is 13.3. The second-order valence-corrected chi connectivity index (χ2v) is 12.1. The predicted molar refractivity (Wildman–Crippen MR) is 135 cm³/mol. The van der Waals surface area contributed by atoms with Crippen LogP contribution in [-0.2, 0) is 4.84 Å². The quantitative estimate of drug-likeness (QED) is 0.340. The molecule has 1 aromatic heterocycles. The molecule has 0 saturated heterocycles. The first kappa shape index (κ1) is 26.5. The average molecular weight is 504 g/mol. The summed E-state index contributed by atoms with van der Waals surface area (Å²) in [6.07, 6.45) is 9.44. The van der Waals surface area contributed by atoms with Gasteiger partial charge in [0, 0.05) is 18.2 Å². The van der Waals surface area contributed by atoms with Crippen LogP contribution in [0.3, 0.4) is 0 Å². The number of hydrogen-bond acceptors (Lipinski definition) is 7. The zero-order chi connectivity index (χ0) is 26.1. The molecule has 5 rings (SSSR count). The maximum absolute atomic E-state index is 13.3. The van der Waals surface area contributed by atoms with Gasteiger partial charge in [-0.05, 0) is 61.7 Å². The van der Waals surface area contributed by atoms with Gasteiger partial charge in [0.1, 0.15) is 5.56 Å². The molecule has 2 amide bonds. The van der Waals surface area contributed by atoms with E-state index < -0.39 is 11.5 Å². The number of primary amides is 1. The van der Waals surface area contributed by atoms with E-state index in [2.05, 4.69) is 15.9 Å². The Morgan fingerprint density at radius 3 is 2.61 bits per heavy atom. The Labute approximate surface area is 212 Å². The minimum Gasteiger partial charge on any atom is -0.477 e. The van der Waals surface area contributed by atoms with E-state index in [-0.39, 0.29) is 24.0 Å². The molecule has 4 saturated carbocycles. The molecule has 0 aromatic carbocycles. The Hall–Kier alpha value is -2.59. The van der Waals surface area contributed by atoms with Crippen LogP contribution in [0.15, 0.2) is 12.3 Å². The monoisotopic (exact) mass is 503 g/mol. The van der Waals surface area contributed by atoms with Crippen LogP contribution in [0.4, 0.5) is 4.79 Å². The number of amides is 2. The lowest BCUT2D eigenvalue weighted by molar-refractivity contribution is -0.110. The number of hydroxylamine groups is 1. The van der Waals surface area contributed by atoms with Gasteiger partial charge in [-0.25, -0.2) is 9.48 Å². The number of rotatable bonds is 11. The number of nitrogens with two attached hydrogens (primary N) is 1. The summed E-state index contributed by atoms with van der Waals surface area (Å²) in [5.41, 5.74) is 7.96. The lowest BCUT2D eigenvalue weighted by Crippen LogP contribution is -2.62. The van der Waals surface area contributed by atoms with Gasteiger partial charge in [0.05, 0.1) is 24.9 Å². The first-order valence-corrected chi connectivity index (χ1v) is 13.0. The third-order valence-electron chi connectivity index (χ3n) is 7.96. The third kappa shape index (κ3) is 5.86. The van der Waals surface area contributed by atoms with Crippen molar-refractivity contribution in [1.29, 1.82) is 0 Å². The fourth-order valence-corrected chi connectivity index (χ4v) is 6.38. The van der Waals surface area contributed by atoms with Gasteiger partial charge in [0.2, 0.25) is 5.88 Å². The van der Waals surface area contributed by atoms with Crippen LogP contribution in [0.2, 0.25) is 0 Å². The molecule has 5 N–H and O–H groups in total. The van der Waals surface area contributed by atoms with Crippen molar-refractivity contribution in [2.75, 3.05) is 19.8 Å². The van der Waals surface area contributed by atoms with Crippen LogP contribution in [0.1, 0.15) is 70.2 Å². The fraction of sp³-hybridized carbons (Fsp3) is 0.731. The van der Waals surface area contributed by atoms with Gasteiger partial charge in [0.25, 0.3) is 5.91 Å². The fourth-order valence-electron chi connectivity index (χ4n) is 6.38. The van der Waals surface area contributed by atoms with Crippen molar-refractivity contribution in [3.8, 4) is 5.88 Å². The molecule has 10 heteroatoms. The zero-order valence-electron chi connectivity index (χ0n) is 21.8. The van der Waals surface area contributed by atoms with E-state index in [1.165, 1.54) is 6.20 Å². The molecule has 200 valence electrons. The van der Waals surface area contributed by atoms with E-state index in [0.717, 1.165) is 32.1 Å². The number of aliphatic hydroxyl groups is 1. The van der Waals surface area contributed by atoms with Crippen LogP contribution in [0.25, 0.3) is 6.20 Å². The summed E-state index contributed by atoms with van der Waals surface area (Å²) >= 11 is 0. The van der Waals surface area contributed by atoms with Crippen molar-refractivity contribution in [3.63, 3.8) is 0 Å². The van der Waals surface area contributed by atoms with E-state index in [1.54, 1.807) is 10.9 Å². The number of nitrogens with one attached hydrogen (secondary N) is 2. The minimum atomic E-state index is -0.805. The van der Waals surface area contributed by atoms with Gasteiger partial charge >= 0.3 is 6.09 Å². The number of carbonyl (C=O) groups excluding carboxylic acids is 2. The largest absolute Gasteiger partial charge is 0.477 e. The molecule has 1 aromatic rings. The van der Waals surface area contributed by atoms with Gasteiger partial charge in [-0.15, -0.1) is 5.48 Å². The molecule has 2 atom stereocenters. The zero-order valence-corrected chi connectivity index (χ0v) is 21.8. The molecular weight excluding hydrogens is 462 g/mol. The van der Waals surface area contributed by atoms with E-state index in [9.17, 15) is 14.7 Å². The highest BCUT2D eigenvalue weighted by atomic mass is 16.7. The third-order valence-corrected chi connectivity index (χ3v) is 7.96. The van der Waals surface area contributed by atoms with E-state index in [1.807, 2.05) is 33.8 Å². The van der Waals surface area contributed by atoms with Crippen molar-refractivity contribution < 1.29 is 24.3 Å². The number of hydrogen-bond donors (Lipinski definition) is 4. The summed E-state index contributed by atoms with van der Waals surface area (Å²) in [5.74, 6) is 2.41. The highest BCUT2D eigenvalue weighted by molar-refractivity contribution is 5.96. The summed E-state index contributed by atoms with van der Waals surface area (Å²) in [6.45, 7) is 8.98. The van der Waals surface area contributed by atoms with Crippen LogP contribution < -0.4 is 21.3 Å². The second kappa shape index (κ2) is 10.4. The molecular formula is C26H41N5O5. The number of aromatic nitrogens is 2. The summed E-state index contributed by atoms with van der Waals surface area (Å²) in [4.78, 5) is 29.4. The number of carbonyl (C=O) groups is 2. The Bertz CT molecular complexity index is 971. The van der Waals surface area contributed by atoms with Crippen molar-refractivity contribution in [3.05, 3.63) is 17.8 Å². The summed E-state index contributed by atoms with van der Waals surface area (Å²) in [6, 6.07) is 0. The van der Waals surface area contributed by atoms with Crippen molar-refractivity contribution >= 4 is 18.2 Å². The lowest BCUT2D eigenvalue weighted by Gasteiger charge is -2.59. The summed E-state index contributed by atoms with van der Waals surface area (Å²) in [5, 5.41) is 17.1. The summed E-state index contributed by atoms with van der Waals surface area (Å²) in [7, 11) is 0. The Morgan fingerprint density at radius 2 is 2.00 bits per heavy atom. The number of ether oxygens (including phenoxy) is 1. The molecule has 1 heterocycles. The molecule has 4 aliphatic rings. The standard InChI is InChI=1S/C26H41N5O5/c1-16(2)14-35-23-21(13-29-31(23)6-5-25(3,4)15-32)22(33)28-12-20-18-7-17-8-19(20)11-26(9-17,10-18)30-36-24(27)34/h5-6,13,16-20,30,32H,7-12,14-15H2,1-4H3,(H2,27,34)(H,28,33)/b6-5+. The lowest BCUT2D eigenvalue weighted by atomic mass is 9.49. The highest BCUT2D eigenvalue weighted by Gasteiger charge is 2.55. The molecule has 4 aliphatic carbocycles. The van der Waals surface area contributed by atoms with Gasteiger partial charge in [-0.1, -0.05) is 33.8 Å². The van der Waals surface area contributed by atoms with Crippen LogP contribution >= 0.6 is 0 Å². The van der Waals surface area contributed by atoms with Crippen molar-refractivity contribution in [2.24, 2.45) is 40.7 Å². The Kier molecular flexibility index (Phi) is 7.66. The molecule has 10 nitrogen and oxygen atoms in total. The molecule has 36 heavy (non-hydrogen) atoms. The Balaban J connectivity index is 1.43. The Morgan fingerprint density at radius 1 is 1.31 bits per heavy atom. The molecule has 2 unspecified atom stereocenters. The molecule has 0 radical (unpaired) electrons. The maximum Gasteiger partial charge on any atom is 0.423 e. The average Bonchev–Trinajstić information content (AvgIpc) is 3.22. The SMILES string of the molecule is CC(C)COc1c(C(=O)NCC2C3CC4CC2CC(NOC(N)=O)(C4)C3)cnn1/C=C/C(C)(C)CO. The van der Waals surface area contributed by atoms with Crippen LogP contribution in [0, 0.1) is 35.0 Å². The first-order valence-electron chi connectivity index (χ1n) is 13.0. The van der Waals surface area contributed by atoms with Crippen molar-refractivity contribution in [1.82, 2.24) is 20.6 Å². The number of nitrogens with zero attached hydrogens (tertiary/aromatic N) is 2. The topological polar surface area (TPSA) is 141 Å².